The van der Waals surface area contributed by atoms with Crippen molar-refractivity contribution in [2.45, 2.75) is 19.6 Å². The van der Waals surface area contributed by atoms with Gasteiger partial charge >= 0.3 is 0 Å². The molecule has 74 valence electrons. The highest BCUT2D eigenvalue weighted by atomic mass is 16.3. The van der Waals surface area contributed by atoms with E-state index in [4.69, 9.17) is 11.5 Å². The highest BCUT2D eigenvalue weighted by Gasteiger charge is 2.03. The van der Waals surface area contributed by atoms with E-state index in [0.29, 0.717) is 6.54 Å². The number of hydrogen-bond acceptors (Lipinski definition) is 2. The number of nitrogens with one attached hydrogen (secondary N) is 1. The molecule has 0 aliphatic carbocycles. The van der Waals surface area contributed by atoms with Crippen molar-refractivity contribution in [3.63, 3.8) is 0 Å². The van der Waals surface area contributed by atoms with Crippen molar-refractivity contribution in [3.8, 4) is 12.3 Å². The molecule has 0 radical (unpaired) electrons. The van der Waals surface area contributed by atoms with E-state index >= 15 is 0 Å². The minimum absolute atomic E-state index is 0.0791. The van der Waals surface area contributed by atoms with Crippen molar-refractivity contribution in [1.82, 2.24) is 5.32 Å². The number of terminal acetylenes is 1. The Balaban J connectivity index is 2.70. The molecule has 1 aromatic rings. The molecular formula is C12H15NO. The summed E-state index contributed by atoms with van der Waals surface area (Å²) < 4.78 is 0. The van der Waals surface area contributed by atoms with Crippen LogP contribution in [0.15, 0.2) is 24.3 Å². The summed E-state index contributed by atoms with van der Waals surface area (Å²) in [6.07, 6.45) is 5.16. The van der Waals surface area contributed by atoms with Crippen LogP contribution in [-0.4, -0.2) is 11.7 Å². The van der Waals surface area contributed by atoms with E-state index < -0.39 is 0 Å². The summed E-state index contributed by atoms with van der Waals surface area (Å²) in [5.41, 5.74) is 2.07. The van der Waals surface area contributed by atoms with Crippen molar-refractivity contribution in [2.24, 2.45) is 0 Å². The van der Waals surface area contributed by atoms with Gasteiger partial charge in [0, 0.05) is 6.04 Å². The fraction of sp³-hybridized carbons (Fsp3) is 0.333. The Morgan fingerprint density at radius 2 is 2.36 bits per heavy atom. The zero-order chi connectivity index (χ0) is 10.4. The molecule has 1 rings (SSSR count). The number of hydrogen-bond donors (Lipinski definition) is 2. The summed E-state index contributed by atoms with van der Waals surface area (Å²) in [7, 11) is 0. The molecule has 2 nitrogen and oxygen atoms in total. The van der Waals surface area contributed by atoms with Crippen molar-refractivity contribution in [1.29, 1.82) is 0 Å². The van der Waals surface area contributed by atoms with Crippen LogP contribution < -0.4 is 5.32 Å². The van der Waals surface area contributed by atoms with Crippen LogP contribution in [0.5, 0.6) is 0 Å². The summed E-state index contributed by atoms with van der Waals surface area (Å²) in [4.78, 5) is 0. The molecule has 0 aliphatic rings. The summed E-state index contributed by atoms with van der Waals surface area (Å²) >= 11 is 0. The third kappa shape index (κ3) is 2.88. The largest absolute Gasteiger partial charge is 0.392 e. The first-order valence-corrected chi connectivity index (χ1v) is 4.64. The molecule has 0 fully saturated rings. The number of aliphatic hydroxyl groups is 1. The lowest BCUT2D eigenvalue weighted by molar-refractivity contribution is 0.281. The van der Waals surface area contributed by atoms with Crippen LogP contribution >= 0.6 is 0 Å². The molecule has 1 unspecified atom stereocenters. The fourth-order valence-corrected chi connectivity index (χ4v) is 1.29. The molecule has 1 aromatic carbocycles. The van der Waals surface area contributed by atoms with Crippen LogP contribution in [0.2, 0.25) is 0 Å². The number of benzene rings is 1. The van der Waals surface area contributed by atoms with E-state index in [1.165, 1.54) is 0 Å². The third-order valence-electron chi connectivity index (χ3n) is 2.14. The van der Waals surface area contributed by atoms with Crippen LogP contribution in [0.25, 0.3) is 0 Å². The van der Waals surface area contributed by atoms with Crippen LogP contribution in [0.3, 0.4) is 0 Å². The lowest BCUT2D eigenvalue weighted by Crippen LogP contribution is -2.18. The van der Waals surface area contributed by atoms with Crippen LogP contribution in [0, 0.1) is 12.3 Å². The molecule has 1 atom stereocenters. The van der Waals surface area contributed by atoms with E-state index in [2.05, 4.69) is 11.2 Å². The average Bonchev–Trinajstić information content (AvgIpc) is 2.26. The Morgan fingerprint density at radius 3 is 3.00 bits per heavy atom. The Hall–Kier alpha value is -1.30. The van der Waals surface area contributed by atoms with Gasteiger partial charge in [-0.25, -0.2) is 0 Å². The molecule has 0 heterocycles. The van der Waals surface area contributed by atoms with Gasteiger partial charge in [0.25, 0.3) is 0 Å². The lowest BCUT2D eigenvalue weighted by Gasteiger charge is -2.12. The second-order valence-electron chi connectivity index (χ2n) is 3.21. The summed E-state index contributed by atoms with van der Waals surface area (Å²) in [6, 6.07) is 8.06. The van der Waals surface area contributed by atoms with Gasteiger partial charge in [0.1, 0.15) is 0 Å². The van der Waals surface area contributed by atoms with E-state index in [0.717, 1.165) is 11.1 Å². The third-order valence-corrected chi connectivity index (χ3v) is 2.14. The smallest absolute Gasteiger partial charge is 0.0681 e. The fourth-order valence-electron chi connectivity index (χ4n) is 1.29. The molecule has 2 N–H and O–H groups in total. The Morgan fingerprint density at radius 1 is 1.57 bits per heavy atom. The molecule has 0 saturated carbocycles. The Bertz CT molecular complexity index is 327. The maximum absolute atomic E-state index is 8.97. The van der Waals surface area contributed by atoms with E-state index in [-0.39, 0.29) is 12.6 Å². The number of aliphatic hydroxyl groups excluding tert-OH is 1. The lowest BCUT2D eigenvalue weighted by atomic mass is 10.1. The van der Waals surface area contributed by atoms with Crippen molar-refractivity contribution in [2.75, 3.05) is 6.54 Å². The standard InChI is InChI=1S/C12H15NO/c1-3-7-13-10(2)12-6-4-5-11(8-12)9-14/h1,4-6,8,10,13-14H,7,9H2,2H3. The van der Waals surface area contributed by atoms with E-state index in [1.807, 2.05) is 31.2 Å². The van der Waals surface area contributed by atoms with Gasteiger partial charge in [0.2, 0.25) is 0 Å². The molecule has 0 amide bonds. The molecule has 14 heavy (non-hydrogen) atoms. The zero-order valence-electron chi connectivity index (χ0n) is 8.33. The molecule has 0 saturated heterocycles. The van der Waals surface area contributed by atoms with Gasteiger partial charge in [0.05, 0.1) is 13.2 Å². The van der Waals surface area contributed by atoms with Crippen molar-refractivity contribution < 1.29 is 5.11 Å². The quantitative estimate of drug-likeness (QED) is 0.703. The van der Waals surface area contributed by atoms with Crippen LogP contribution in [-0.2, 0) is 6.61 Å². The van der Waals surface area contributed by atoms with Gasteiger partial charge < -0.3 is 5.11 Å². The van der Waals surface area contributed by atoms with Crippen LogP contribution in [0.4, 0.5) is 0 Å². The van der Waals surface area contributed by atoms with Gasteiger partial charge in [-0.15, -0.1) is 6.42 Å². The number of rotatable bonds is 4. The van der Waals surface area contributed by atoms with Gasteiger partial charge in [-0.2, -0.15) is 0 Å². The van der Waals surface area contributed by atoms with Crippen molar-refractivity contribution in [3.05, 3.63) is 35.4 Å². The monoisotopic (exact) mass is 189 g/mol. The maximum atomic E-state index is 8.97. The van der Waals surface area contributed by atoms with E-state index in [1.54, 1.807) is 0 Å². The van der Waals surface area contributed by atoms with Crippen molar-refractivity contribution >= 4 is 0 Å². The second-order valence-corrected chi connectivity index (χ2v) is 3.21. The first-order valence-electron chi connectivity index (χ1n) is 4.64. The molecule has 0 bridgehead atoms. The van der Waals surface area contributed by atoms with Crippen LogP contribution in [0.1, 0.15) is 24.1 Å². The molecule has 0 aromatic heterocycles. The van der Waals surface area contributed by atoms with Gasteiger partial charge in [-0.1, -0.05) is 30.2 Å². The highest BCUT2D eigenvalue weighted by molar-refractivity contribution is 5.25. The maximum Gasteiger partial charge on any atom is 0.0681 e. The molecule has 0 aliphatic heterocycles. The zero-order valence-corrected chi connectivity index (χ0v) is 8.33. The predicted octanol–water partition coefficient (Wildman–Crippen LogP) is 1.46. The molecular weight excluding hydrogens is 174 g/mol. The highest BCUT2D eigenvalue weighted by Crippen LogP contribution is 2.13. The first-order chi connectivity index (χ1) is 6.77. The summed E-state index contributed by atoms with van der Waals surface area (Å²) in [6.45, 7) is 2.69. The SMILES string of the molecule is C#CCNC(C)c1cccc(CO)c1. The first kappa shape index (κ1) is 10.8. The normalized spacial score (nSPS) is 12.1. The molecule has 0 spiro atoms. The van der Waals surface area contributed by atoms with Gasteiger partial charge in [-0.3, -0.25) is 5.32 Å². The molecule has 2 heteroatoms. The topological polar surface area (TPSA) is 32.3 Å². The Labute approximate surface area is 85.0 Å². The Kier molecular flexibility index (Phi) is 4.18. The minimum atomic E-state index is 0.0791. The predicted molar refractivity (Wildman–Crippen MR) is 57.6 cm³/mol. The van der Waals surface area contributed by atoms with Gasteiger partial charge in [0.15, 0.2) is 0 Å². The second kappa shape index (κ2) is 5.43. The summed E-state index contributed by atoms with van der Waals surface area (Å²) in [5, 5.41) is 12.1. The minimum Gasteiger partial charge on any atom is -0.392 e. The summed E-state index contributed by atoms with van der Waals surface area (Å²) in [5.74, 6) is 2.54. The van der Waals surface area contributed by atoms with Gasteiger partial charge in [-0.05, 0) is 18.1 Å². The van der Waals surface area contributed by atoms with E-state index in [9.17, 15) is 0 Å². The average molecular weight is 189 g/mol.